The number of Topliss-reactive ketones (excluding diaryl/α,β-unsaturated/α-hetero) is 2. The van der Waals surface area contributed by atoms with Crippen molar-refractivity contribution in [2.45, 2.75) is 20.3 Å². The van der Waals surface area contributed by atoms with E-state index >= 15 is 0 Å². The molecule has 1 aromatic rings. The predicted molar refractivity (Wildman–Crippen MR) is 63.2 cm³/mol. The topological polar surface area (TPSA) is 54.5 Å². The molecule has 0 spiro atoms. The number of anilines is 1. The normalized spacial score (nSPS) is 14.1. The number of carbonyl (C=O) groups excluding carboxylic acids is 3. The van der Waals surface area contributed by atoms with Gasteiger partial charge in [-0.1, -0.05) is 13.0 Å². The van der Waals surface area contributed by atoms with Crippen LogP contribution in [0.3, 0.4) is 0 Å². The van der Waals surface area contributed by atoms with E-state index in [4.69, 9.17) is 0 Å². The monoisotopic (exact) mass is 231 g/mol. The second-order valence-corrected chi connectivity index (χ2v) is 4.13. The van der Waals surface area contributed by atoms with Gasteiger partial charge >= 0.3 is 0 Å². The van der Waals surface area contributed by atoms with Crippen molar-refractivity contribution in [3.63, 3.8) is 0 Å². The third kappa shape index (κ3) is 1.86. The van der Waals surface area contributed by atoms with Gasteiger partial charge in [0.15, 0.2) is 0 Å². The first-order chi connectivity index (χ1) is 8.04. The molecule has 0 fully saturated rings. The number of rotatable bonds is 3. The van der Waals surface area contributed by atoms with E-state index in [1.165, 1.54) is 11.8 Å². The number of hydrogen-bond donors (Lipinski definition) is 0. The van der Waals surface area contributed by atoms with Crippen LogP contribution < -0.4 is 4.90 Å². The molecule has 1 amide bonds. The number of benzene rings is 1. The zero-order valence-corrected chi connectivity index (χ0v) is 9.82. The van der Waals surface area contributed by atoms with Crippen molar-refractivity contribution in [2.24, 2.45) is 0 Å². The molecule has 0 aliphatic carbocycles. The molecule has 4 nitrogen and oxygen atoms in total. The van der Waals surface area contributed by atoms with Gasteiger partial charge in [-0.15, -0.1) is 0 Å². The van der Waals surface area contributed by atoms with Gasteiger partial charge in [0.1, 0.15) is 5.78 Å². The zero-order chi connectivity index (χ0) is 12.6. The molecule has 2 rings (SSSR count). The molecule has 1 aromatic carbocycles. The van der Waals surface area contributed by atoms with Crippen LogP contribution in [-0.2, 0) is 16.0 Å². The largest absolute Gasteiger partial charge is 0.299 e. The molecule has 4 heteroatoms. The van der Waals surface area contributed by atoms with Crippen molar-refractivity contribution >= 4 is 23.2 Å². The van der Waals surface area contributed by atoms with Gasteiger partial charge < -0.3 is 0 Å². The van der Waals surface area contributed by atoms with E-state index < -0.39 is 11.7 Å². The van der Waals surface area contributed by atoms with Crippen LogP contribution >= 0.6 is 0 Å². The van der Waals surface area contributed by atoms with Gasteiger partial charge in [-0.25, -0.2) is 0 Å². The molecule has 1 aliphatic heterocycles. The Hall–Kier alpha value is -1.97. The molecule has 0 radical (unpaired) electrons. The van der Waals surface area contributed by atoms with Crippen LogP contribution in [0.4, 0.5) is 5.69 Å². The quantitative estimate of drug-likeness (QED) is 0.738. The van der Waals surface area contributed by atoms with Crippen LogP contribution in [0.5, 0.6) is 0 Å². The minimum absolute atomic E-state index is 0.0386. The highest BCUT2D eigenvalue weighted by Gasteiger charge is 2.36. The summed E-state index contributed by atoms with van der Waals surface area (Å²) >= 11 is 0. The standard InChI is InChI=1S/C13H13NO3/c1-3-9-4-5-11-10(6-9)12(16)13(17)14(11)7-8(2)15/h4-6H,3,7H2,1-2H3. The smallest absolute Gasteiger partial charge is 0.298 e. The summed E-state index contributed by atoms with van der Waals surface area (Å²) in [6, 6.07) is 5.34. The summed E-state index contributed by atoms with van der Waals surface area (Å²) in [5.41, 5.74) is 1.97. The lowest BCUT2D eigenvalue weighted by Crippen LogP contribution is -2.33. The van der Waals surface area contributed by atoms with Crippen molar-refractivity contribution in [2.75, 3.05) is 11.4 Å². The minimum atomic E-state index is -0.608. The number of hydrogen-bond acceptors (Lipinski definition) is 3. The third-order valence-corrected chi connectivity index (χ3v) is 2.82. The highest BCUT2D eigenvalue weighted by molar-refractivity contribution is 6.52. The van der Waals surface area contributed by atoms with E-state index in [1.807, 2.05) is 13.0 Å². The summed E-state index contributed by atoms with van der Waals surface area (Å²) in [6.45, 7) is 3.34. The Balaban J connectivity index is 2.47. The molecule has 0 atom stereocenters. The number of fused-ring (bicyclic) bond motifs is 1. The van der Waals surface area contributed by atoms with E-state index in [0.717, 1.165) is 12.0 Å². The van der Waals surface area contributed by atoms with Crippen molar-refractivity contribution in [1.29, 1.82) is 0 Å². The molecule has 1 heterocycles. The maximum Gasteiger partial charge on any atom is 0.299 e. The molecule has 0 aromatic heterocycles. The van der Waals surface area contributed by atoms with Gasteiger partial charge in [-0.2, -0.15) is 0 Å². The second kappa shape index (κ2) is 4.13. The van der Waals surface area contributed by atoms with E-state index in [0.29, 0.717) is 11.3 Å². The van der Waals surface area contributed by atoms with Crippen molar-refractivity contribution in [3.05, 3.63) is 29.3 Å². The molecule has 0 bridgehead atoms. The molecule has 17 heavy (non-hydrogen) atoms. The average Bonchev–Trinajstić information content (AvgIpc) is 2.54. The van der Waals surface area contributed by atoms with Crippen molar-refractivity contribution in [1.82, 2.24) is 0 Å². The molecule has 1 aliphatic rings. The van der Waals surface area contributed by atoms with Gasteiger partial charge in [0.05, 0.1) is 17.8 Å². The maximum atomic E-state index is 11.8. The first-order valence-electron chi connectivity index (χ1n) is 5.53. The lowest BCUT2D eigenvalue weighted by atomic mass is 10.1. The molecule has 0 N–H and O–H groups in total. The van der Waals surface area contributed by atoms with Crippen LogP contribution in [-0.4, -0.2) is 24.0 Å². The second-order valence-electron chi connectivity index (χ2n) is 4.13. The van der Waals surface area contributed by atoms with Crippen molar-refractivity contribution in [3.8, 4) is 0 Å². The van der Waals surface area contributed by atoms with Gasteiger partial charge in [-0.3, -0.25) is 19.3 Å². The first-order valence-corrected chi connectivity index (χ1v) is 5.53. The Morgan fingerprint density at radius 3 is 2.59 bits per heavy atom. The van der Waals surface area contributed by atoms with Gasteiger partial charge in [0.25, 0.3) is 11.7 Å². The summed E-state index contributed by atoms with van der Waals surface area (Å²) in [5.74, 6) is -1.27. The summed E-state index contributed by atoms with van der Waals surface area (Å²) in [4.78, 5) is 35.8. The summed E-state index contributed by atoms with van der Waals surface area (Å²) in [7, 11) is 0. The molecular formula is C13H13NO3. The Morgan fingerprint density at radius 1 is 1.29 bits per heavy atom. The Morgan fingerprint density at radius 2 is 2.00 bits per heavy atom. The minimum Gasteiger partial charge on any atom is -0.298 e. The van der Waals surface area contributed by atoms with Gasteiger partial charge in [0, 0.05) is 0 Å². The SMILES string of the molecule is CCc1ccc2c(c1)C(=O)C(=O)N2CC(C)=O. The van der Waals surface area contributed by atoms with Crippen LogP contribution in [0.1, 0.15) is 29.8 Å². The fraction of sp³-hybridized carbons (Fsp3) is 0.308. The number of carbonyl (C=O) groups is 3. The summed E-state index contributed by atoms with van der Waals surface area (Å²) in [6.07, 6.45) is 0.807. The highest BCUT2D eigenvalue weighted by Crippen LogP contribution is 2.29. The summed E-state index contributed by atoms with van der Waals surface area (Å²) in [5, 5.41) is 0. The lowest BCUT2D eigenvalue weighted by Gasteiger charge is -2.14. The predicted octanol–water partition coefficient (Wildman–Crippen LogP) is 1.37. The zero-order valence-electron chi connectivity index (χ0n) is 9.82. The summed E-state index contributed by atoms with van der Waals surface area (Å²) < 4.78 is 0. The fourth-order valence-electron chi connectivity index (χ4n) is 1.95. The molecule has 0 unspecified atom stereocenters. The Bertz CT molecular complexity index is 519. The van der Waals surface area contributed by atoms with Crippen LogP contribution in [0.2, 0.25) is 0 Å². The molecular weight excluding hydrogens is 218 g/mol. The van der Waals surface area contributed by atoms with E-state index in [1.54, 1.807) is 12.1 Å². The first kappa shape index (κ1) is 11.5. The van der Waals surface area contributed by atoms with Crippen LogP contribution in [0.15, 0.2) is 18.2 Å². The number of nitrogens with zero attached hydrogens (tertiary/aromatic N) is 1. The van der Waals surface area contributed by atoms with Gasteiger partial charge in [-0.05, 0) is 31.0 Å². The Kier molecular flexibility index (Phi) is 2.79. The molecule has 88 valence electrons. The maximum absolute atomic E-state index is 11.8. The molecule has 0 saturated heterocycles. The van der Waals surface area contributed by atoms with E-state index in [9.17, 15) is 14.4 Å². The van der Waals surface area contributed by atoms with E-state index in [-0.39, 0.29) is 12.3 Å². The molecule has 0 saturated carbocycles. The van der Waals surface area contributed by atoms with Gasteiger partial charge in [0.2, 0.25) is 0 Å². The Labute approximate surface area is 99.2 Å². The van der Waals surface area contributed by atoms with Crippen LogP contribution in [0, 0.1) is 0 Å². The number of amides is 1. The van der Waals surface area contributed by atoms with Crippen molar-refractivity contribution < 1.29 is 14.4 Å². The van der Waals surface area contributed by atoms with E-state index in [2.05, 4.69) is 0 Å². The highest BCUT2D eigenvalue weighted by atomic mass is 16.2. The third-order valence-electron chi connectivity index (χ3n) is 2.82. The fourth-order valence-corrected chi connectivity index (χ4v) is 1.95. The average molecular weight is 231 g/mol. The van der Waals surface area contributed by atoms with Crippen LogP contribution in [0.25, 0.3) is 0 Å². The lowest BCUT2D eigenvalue weighted by molar-refractivity contribution is -0.119. The number of aryl methyl sites for hydroxylation is 1. The number of ketones is 2.